The summed E-state index contributed by atoms with van der Waals surface area (Å²) in [4.78, 5) is 0. The SMILES string of the molecule is C=C[Si](C)(C)C.C[SiH](C)C.C[Si](C)(C)C[Si](C)(C)C. The van der Waals surface area contributed by atoms with E-state index in [-0.39, 0.29) is 8.80 Å². The molecule has 118 valence electrons. The molecule has 0 rings (SSSR count). The maximum absolute atomic E-state index is 3.69. The van der Waals surface area contributed by atoms with Crippen LogP contribution in [0.15, 0.2) is 12.3 Å². The fourth-order valence-corrected chi connectivity index (χ4v) is 14.3. The summed E-state index contributed by atoms with van der Waals surface area (Å²) >= 11 is 0. The summed E-state index contributed by atoms with van der Waals surface area (Å²) < 4.78 is 0. The minimum absolute atomic E-state index is 0.139. The van der Waals surface area contributed by atoms with Gasteiger partial charge >= 0.3 is 0 Å². The van der Waals surface area contributed by atoms with E-state index >= 15 is 0 Å². The molecule has 0 unspecified atom stereocenters. The van der Waals surface area contributed by atoms with Crippen molar-refractivity contribution in [2.24, 2.45) is 0 Å². The molecule has 0 aromatic heterocycles. The molecule has 0 fully saturated rings. The van der Waals surface area contributed by atoms with E-state index in [9.17, 15) is 0 Å². The molecule has 0 aliphatic rings. The average molecular weight is 335 g/mol. The van der Waals surface area contributed by atoms with Gasteiger partial charge in [-0.3, -0.25) is 0 Å². The Balaban J connectivity index is -0.000000222. The lowest BCUT2D eigenvalue weighted by Crippen LogP contribution is -2.34. The molecule has 0 N–H and O–H groups in total. The van der Waals surface area contributed by atoms with Gasteiger partial charge in [0.05, 0.1) is 8.07 Å². The van der Waals surface area contributed by atoms with E-state index in [0.717, 1.165) is 0 Å². The van der Waals surface area contributed by atoms with Crippen molar-refractivity contribution < 1.29 is 0 Å². The van der Waals surface area contributed by atoms with Crippen molar-refractivity contribution in [2.45, 2.75) is 84.2 Å². The molecule has 0 heterocycles. The molecule has 0 spiro atoms. The van der Waals surface area contributed by atoms with E-state index in [1.165, 1.54) is 0 Å². The van der Waals surface area contributed by atoms with Gasteiger partial charge in [-0.15, -0.1) is 12.3 Å². The van der Waals surface area contributed by atoms with Gasteiger partial charge in [-0.05, 0) is 0 Å². The lowest BCUT2D eigenvalue weighted by Gasteiger charge is -2.25. The van der Waals surface area contributed by atoms with Crippen molar-refractivity contribution in [1.29, 1.82) is 0 Å². The summed E-state index contributed by atoms with van der Waals surface area (Å²) in [6, 6.07) is 0. The van der Waals surface area contributed by atoms with Crippen molar-refractivity contribution >= 4 is 33.0 Å². The van der Waals surface area contributed by atoms with Gasteiger partial charge in [0.1, 0.15) is 0 Å². The maximum atomic E-state index is 3.69. The average Bonchev–Trinajstić information content (AvgIpc) is 1.94. The number of hydrogen-bond donors (Lipinski definition) is 0. The molecule has 0 aliphatic carbocycles. The van der Waals surface area contributed by atoms with Gasteiger partial charge < -0.3 is 0 Å². The highest BCUT2D eigenvalue weighted by molar-refractivity contribution is 6.94. The molecule has 0 saturated carbocycles. The van der Waals surface area contributed by atoms with Gasteiger partial charge in [0.2, 0.25) is 0 Å². The third-order valence-electron chi connectivity index (χ3n) is 1.67. The van der Waals surface area contributed by atoms with Crippen LogP contribution in [0.25, 0.3) is 0 Å². The van der Waals surface area contributed by atoms with Crippen LogP contribution in [0.1, 0.15) is 0 Å². The van der Waals surface area contributed by atoms with Crippen LogP contribution in [0, 0.1) is 0 Å². The van der Waals surface area contributed by atoms with Gasteiger partial charge in [0.25, 0.3) is 0 Å². The molecule has 19 heavy (non-hydrogen) atoms. The Labute approximate surface area is 129 Å². The topological polar surface area (TPSA) is 0 Å². The van der Waals surface area contributed by atoms with Crippen molar-refractivity contribution in [3.8, 4) is 0 Å². The predicted molar refractivity (Wildman–Crippen MR) is 110 cm³/mol. The molecule has 0 aromatic carbocycles. The second-order valence-electron chi connectivity index (χ2n) is 9.60. The third kappa shape index (κ3) is 55.6. The Hall–Kier alpha value is 0.608. The summed E-state index contributed by atoms with van der Waals surface area (Å²) in [6.07, 6.45) is 0. The molecule has 4 heteroatoms. The van der Waals surface area contributed by atoms with E-state index in [4.69, 9.17) is 0 Å². The Morgan fingerprint density at radius 2 is 0.895 bits per heavy atom. The van der Waals surface area contributed by atoms with E-state index in [1.54, 1.807) is 5.67 Å². The summed E-state index contributed by atoms with van der Waals surface area (Å²) in [5, 5.41) is 0. The van der Waals surface area contributed by atoms with Crippen LogP contribution in [0.4, 0.5) is 0 Å². The first-order valence-corrected chi connectivity index (χ1v) is 22.1. The van der Waals surface area contributed by atoms with Gasteiger partial charge in [0, 0.05) is 24.9 Å². The summed E-state index contributed by atoms with van der Waals surface area (Å²) in [5.74, 6) is 0. The number of hydrogen-bond acceptors (Lipinski definition) is 0. The Bertz CT molecular complexity index is 199. The summed E-state index contributed by atoms with van der Waals surface area (Å²) in [5.41, 5.74) is 3.65. The second kappa shape index (κ2) is 10.4. The van der Waals surface area contributed by atoms with E-state index < -0.39 is 24.2 Å². The summed E-state index contributed by atoms with van der Waals surface area (Å²) in [6.45, 7) is 32.2. The fourth-order valence-electron chi connectivity index (χ4n) is 1.59. The monoisotopic (exact) mass is 334 g/mol. The maximum Gasteiger partial charge on any atom is 0.0679 e. The van der Waals surface area contributed by atoms with Crippen LogP contribution in [-0.2, 0) is 0 Å². The van der Waals surface area contributed by atoms with Crippen molar-refractivity contribution in [3.63, 3.8) is 0 Å². The Morgan fingerprint density at radius 1 is 0.737 bits per heavy atom. The Kier molecular flexibility index (Phi) is 13.4. The first-order chi connectivity index (χ1) is 8.00. The number of rotatable bonds is 3. The molecule has 0 atom stereocenters. The van der Waals surface area contributed by atoms with E-state index in [1.807, 2.05) is 0 Å². The molecular formula is C15H42Si4. The second-order valence-corrected chi connectivity index (χ2v) is 29.9. The highest BCUT2D eigenvalue weighted by Crippen LogP contribution is 2.18. The predicted octanol–water partition coefficient (Wildman–Crippen LogP) is 6.35. The van der Waals surface area contributed by atoms with Gasteiger partial charge in [-0.1, -0.05) is 84.2 Å². The smallest absolute Gasteiger partial charge is 0.0679 e. The fraction of sp³-hybridized carbons (Fsp3) is 0.867. The molecule has 0 saturated heterocycles. The minimum atomic E-state index is -0.867. The van der Waals surface area contributed by atoms with E-state index in [2.05, 4.69) is 90.8 Å². The van der Waals surface area contributed by atoms with Crippen LogP contribution in [-0.4, -0.2) is 33.0 Å². The van der Waals surface area contributed by atoms with Crippen LogP contribution in [0.3, 0.4) is 0 Å². The van der Waals surface area contributed by atoms with Crippen molar-refractivity contribution in [2.75, 3.05) is 0 Å². The van der Waals surface area contributed by atoms with Crippen LogP contribution in [0.2, 0.25) is 84.2 Å². The molecular weight excluding hydrogens is 293 g/mol. The Morgan fingerprint density at radius 3 is 0.895 bits per heavy atom. The molecule has 0 amide bonds. The molecule has 0 radical (unpaired) electrons. The minimum Gasteiger partial charge on any atom is -0.107 e. The van der Waals surface area contributed by atoms with Crippen molar-refractivity contribution in [3.05, 3.63) is 12.3 Å². The first kappa shape index (κ1) is 24.6. The highest BCUT2D eigenvalue weighted by Gasteiger charge is 2.23. The first-order valence-electron chi connectivity index (χ1n) is 7.64. The molecule has 0 aliphatic heterocycles. The summed E-state index contributed by atoms with van der Waals surface area (Å²) in [7, 11) is -2.47. The zero-order chi connectivity index (χ0) is 16.5. The van der Waals surface area contributed by atoms with E-state index in [0.29, 0.717) is 0 Å². The molecule has 0 aromatic rings. The lowest BCUT2D eigenvalue weighted by molar-refractivity contribution is 1.52. The lowest BCUT2D eigenvalue weighted by atomic mass is 11.3. The van der Waals surface area contributed by atoms with Crippen LogP contribution < -0.4 is 0 Å². The largest absolute Gasteiger partial charge is 0.107 e. The van der Waals surface area contributed by atoms with Gasteiger partial charge in [0.15, 0.2) is 0 Å². The quantitative estimate of drug-likeness (QED) is 0.527. The highest BCUT2D eigenvalue weighted by atomic mass is 28.4. The van der Waals surface area contributed by atoms with Gasteiger partial charge in [-0.25, -0.2) is 0 Å². The van der Waals surface area contributed by atoms with Crippen LogP contribution >= 0.6 is 0 Å². The zero-order valence-electron chi connectivity index (χ0n) is 16.1. The van der Waals surface area contributed by atoms with Gasteiger partial charge in [-0.2, -0.15) is 0 Å². The standard InChI is InChI=1S/C7H20Si2.C5H12Si.C3H10Si/c1-8(2,3)7-9(4,5)6;1-5-6(2,3)4;1-4(2)3/h7H2,1-6H3;5H,1H2,2-4H3;4H,1-3H3. The van der Waals surface area contributed by atoms with Crippen LogP contribution in [0.5, 0.6) is 0 Å². The zero-order valence-corrected chi connectivity index (χ0v) is 20.2. The molecule has 0 nitrogen and oxygen atoms in total. The third-order valence-corrected chi connectivity index (χ3v) is 11.4. The molecule has 0 bridgehead atoms. The normalized spacial score (nSPS) is 12.1. The van der Waals surface area contributed by atoms with Crippen molar-refractivity contribution in [1.82, 2.24) is 0 Å².